The molecule has 1 aromatic heterocycles. The summed E-state index contributed by atoms with van der Waals surface area (Å²) in [7, 11) is 0. The number of fused-ring (bicyclic) bond motifs is 5. The lowest BCUT2D eigenvalue weighted by molar-refractivity contribution is -0.140. The Morgan fingerprint density at radius 2 is 1.62 bits per heavy atom. The Morgan fingerprint density at radius 1 is 0.962 bits per heavy atom. The van der Waals surface area contributed by atoms with Gasteiger partial charge in [-0.3, -0.25) is 9.59 Å². The van der Waals surface area contributed by atoms with Crippen molar-refractivity contribution < 1.29 is 14.0 Å². The highest BCUT2D eigenvalue weighted by molar-refractivity contribution is 6.06. The molecule has 6 nitrogen and oxygen atoms in total. The maximum Gasteiger partial charge on any atom is 0.254 e. The van der Waals surface area contributed by atoms with Crippen LogP contribution in [0.15, 0.2) is 33.8 Å². The summed E-state index contributed by atoms with van der Waals surface area (Å²) in [4.78, 5) is 27.5. The monoisotopic (exact) mass is 353 g/mol. The molecule has 1 saturated carbocycles. The van der Waals surface area contributed by atoms with Crippen molar-refractivity contribution in [1.29, 1.82) is 0 Å². The first-order chi connectivity index (χ1) is 12.7. The number of imide groups is 1. The number of nitrogens with zero attached hydrogens (tertiary/aromatic N) is 3. The molecule has 0 aromatic carbocycles. The first kappa shape index (κ1) is 15.9. The van der Waals surface area contributed by atoms with Gasteiger partial charge in [0.1, 0.15) is 5.76 Å². The average molecular weight is 353 g/mol. The molecule has 1 aromatic rings. The number of furan rings is 1. The summed E-state index contributed by atoms with van der Waals surface area (Å²) in [5, 5.41) is 5.25. The van der Waals surface area contributed by atoms with Gasteiger partial charge in [-0.2, -0.15) is 10.1 Å². The van der Waals surface area contributed by atoms with Crippen LogP contribution in [0.4, 0.5) is 5.88 Å². The number of hydrogen-bond donors (Lipinski definition) is 0. The molecule has 5 rings (SSSR count). The normalized spacial score (nSPS) is 33.5. The average Bonchev–Trinajstić information content (AvgIpc) is 3.37. The number of carbonyl (C=O) groups is 2. The van der Waals surface area contributed by atoms with Gasteiger partial charge in [-0.25, -0.2) is 0 Å². The third-order valence-electron chi connectivity index (χ3n) is 6.28. The van der Waals surface area contributed by atoms with E-state index in [1.165, 1.54) is 31.9 Å². The molecule has 6 heteroatoms. The van der Waals surface area contributed by atoms with Crippen molar-refractivity contribution in [2.75, 3.05) is 18.0 Å². The summed E-state index contributed by atoms with van der Waals surface area (Å²) in [6.07, 6.45) is 11.5. The van der Waals surface area contributed by atoms with Gasteiger partial charge in [0.05, 0.1) is 18.1 Å². The second kappa shape index (κ2) is 6.11. The first-order valence-corrected chi connectivity index (χ1v) is 9.67. The Labute approximate surface area is 152 Å². The van der Waals surface area contributed by atoms with E-state index >= 15 is 0 Å². The summed E-state index contributed by atoms with van der Waals surface area (Å²) in [6.45, 7) is 2.01. The van der Waals surface area contributed by atoms with Crippen LogP contribution in [0.1, 0.15) is 37.9 Å². The van der Waals surface area contributed by atoms with E-state index in [1.807, 2.05) is 12.1 Å². The smallest absolute Gasteiger partial charge is 0.254 e. The Hall–Kier alpha value is -2.37. The van der Waals surface area contributed by atoms with Gasteiger partial charge in [-0.15, -0.1) is 0 Å². The van der Waals surface area contributed by atoms with Gasteiger partial charge in [0.2, 0.25) is 0 Å². The molecule has 0 N–H and O–H groups in total. The number of hydrogen-bond acceptors (Lipinski definition) is 5. The molecule has 3 heterocycles. The Morgan fingerprint density at radius 3 is 2.27 bits per heavy atom. The third-order valence-corrected chi connectivity index (χ3v) is 6.28. The molecule has 2 aliphatic heterocycles. The van der Waals surface area contributed by atoms with E-state index in [0.717, 1.165) is 30.4 Å². The van der Waals surface area contributed by atoms with Gasteiger partial charge in [-0.05, 0) is 37.2 Å². The highest BCUT2D eigenvalue weighted by Gasteiger charge is 2.59. The second-order valence-electron chi connectivity index (χ2n) is 7.81. The molecular weight excluding hydrogens is 330 g/mol. The lowest BCUT2D eigenvalue weighted by atomic mass is 9.85. The maximum atomic E-state index is 12.6. The van der Waals surface area contributed by atoms with Gasteiger partial charge in [0.15, 0.2) is 5.88 Å². The van der Waals surface area contributed by atoms with Crippen molar-refractivity contribution >= 4 is 23.9 Å². The SMILES string of the molecule is O=C1C2C3C=CC(C3)C2C(=O)N1N=Cc1ccc(N2CCCCCC2)o1. The van der Waals surface area contributed by atoms with E-state index in [4.69, 9.17) is 4.42 Å². The molecule has 2 amide bonds. The predicted octanol–water partition coefficient (Wildman–Crippen LogP) is 2.80. The fourth-order valence-electron chi connectivity index (χ4n) is 4.99. The third kappa shape index (κ3) is 2.42. The Bertz CT molecular complexity index is 758. The number of carbonyl (C=O) groups excluding carboxylic acids is 2. The van der Waals surface area contributed by atoms with Crippen LogP contribution in [0, 0.1) is 23.7 Å². The quantitative estimate of drug-likeness (QED) is 0.476. The van der Waals surface area contributed by atoms with Crippen LogP contribution in [-0.2, 0) is 9.59 Å². The van der Waals surface area contributed by atoms with Crippen molar-refractivity contribution in [3.05, 3.63) is 30.0 Å². The summed E-state index contributed by atoms with van der Waals surface area (Å²) in [6, 6.07) is 3.79. The molecule has 0 radical (unpaired) electrons. The zero-order chi connectivity index (χ0) is 17.7. The van der Waals surface area contributed by atoms with E-state index in [9.17, 15) is 9.59 Å². The second-order valence-corrected chi connectivity index (χ2v) is 7.81. The van der Waals surface area contributed by atoms with Crippen LogP contribution >= 0.6 is 0 Å². The van der Waals surface area contributed by atoms with Crippen LogP contribution in [0.3, 0.4) is 0 Å². The van der Waals surface area contributed by atoms with E-state index in [1.54, 1.807) is 0 Å². The van der Waals surface area contributed by atoms with Crippen LogP contribution < -0.4 is 4.90 Å². The van der Waals surface area contributed by atoms with Crippen molar-refractivity contribution in [3.63, 3.8) is 0 Å². The molecular formula is C20H23N3O3. The molecule has 136 valence electrons. The zero-order valence-corrected chi connectivity index (χ0v) is 14.7. The Balaban J connectivity index is 1.30. The first-order valence-electron chi connectivity index (χ1n) is 9.67. The van der Waals surface area contributed by atoms with E-state index in [0.29, 0.717) is 5.76 Å². The minimum Gasteiger partial charge on any atom is -0.440 e. The van der Waals surface area contributed by atoms with Gasteiger partial charge in [-0.1, -0.05) is 25.0 Å². The van der Waals surface area contributed by atoms with E-state index < -0.39 is 0 Å². The number of amides is 2. The molecule has 4 unspecified atom stereocenters. The van der Waals surface area contributed by atoms with Crippen LogP contribution in [0.5, 0.6) is 0 Å². The van der Waals surface area contributed by atoms with Crippen LogP contribution in [-0.4, -0.2) is 36.1 Å². The Kier molecular flexibility index (Phi) is 3.72. The molecule has 2 bridgehead atoms. The molecule has 0 spiro atoms. The predicted molar refractivity (Wildman–Crippen MR) is 96.6 cm³/mol. The van der Waals surface area contributed by atoms with Crippen molar-refractivity contribution in [2.45, 2.75) is 32.1 Å². The summed E-state index contributed by atoms with van der Waals surface area (Å²) in [5.41, 5.74) is 0. The topological polar surface area (TPSA) is 66.1 Å². The summed E-state index contributed by atoms with van der Waals surface area (Å²) >= 11 is 0. The lowest BCUT2D eigenvalue weighted by Crippen LogP contribution is -2.28. The van der Waals surface area contributed by atoms with Gasteiger partial charge < -0.3 is 9.32 Å². The molecule has 26 heavy (non-hydrogen) atoms. The highest BCUT2D eigenvalue weighted by Crippen LogP contribution is 2.52. The summed E-state index contributed by atoms with van der Waals surface area (Å²) < 4.78 is 5.87. The minimum atomic E-state index is -0.209. The maximum absolute atomic E-state index is 12.6. The number of allylic oxidation sites excluding steroid dienone is 2. The highest BCUT2D eigenvalue weighted by atomic mass is 16.4. The van der Waals surface area contributed by atoms with Crippen molar-refractivity contribution in [3.8, 4) is 0 Å². The van der Waals surface area contributed by atoms with E-state index in [-0.39, 0.29) is 35.5 Å². The fourth-order valence-corrected chi connectivity index (χ4v) is 4.99. The van der Waals surface area contributed by atoms with E-state index in [2.05, 4.69) is 22.2 Å². The lowest BCUT2D eigenvalue weighted by Gasteiger charge is -2.18. The van der Waals surface area contributed by atoms with Gasteiger partial charge in [0.25, 0.3) is 11.8 Å². The molecule has 4 atom stereocenters. The molecule has 3 fully saturated rings. The van der Waals surface area contributed by atoms with Crippen molar-refractivity contribution in [2.24, 2.45) is 28.8 Å². The largest absolute Gasteiger partial charge is 0.440 e. The minimum absolute atomic E-state index is 0.160. The molecule has 2 saturated heterocycles. The van der Waals surface area contributed by atoms with Crippen LogP contribution in [0.2, 0.25) is 0 Å². The van der Waals surface area contributed by atoms with Gasteiger partial charge >= 0.3 is 0 Å². The fraction of sp³-hybridized carbons (Fsp3) is 0.550. The summed E-state index contributed by atoms with van der Waals surface area (Å²) in [5.74, 6) is 1.09. The zero-order valence-electron chi connectivity index (χ0n) is 14.7. The van der Waals surface area contributed by atoms with Gasteiger partial charge in [0, 0.05) is 19.2 Å². The number of anilines is 1. The number of hydrazone groups is 1. The molecule has 2 aliphatic carbocycles. The standard InChI is InChI=1S/C20H23N3O3/c24-19-17-13-5-6-14(11-13)18(17)20(25)23(19)21-12-15-7-8-16(26-15)22-9-3-1-2-4-10-22/h5-8,12-14,17-18H,1-4,9-11H2. The molecule has 4 aliphatic rings. The number of rotatable bonds is 3. The van der Waals surface area contributed by atoms with Crippen molar-refractivity contribution in [1.82, 2.24) is 5.01 Å². The van der Waals surface area contributed by atoms with Crippen LogP contribution in [0.25, 0.3) is 0 Å².